The molecule has 2 aliphatic heterocycles. The van der Waals surface area contributed by atoms with Crippen LogP contribution in [-0.2, 0) is 18.8 Å². The summed E-state index contributed by atoms with van der Waals surface area (Å²) < 4.78 is 17.4. The van der Waals surface area contributed by atoms with Crippen LogP contribution >= 0.6 is 0 Å². The molecule has 3 rings (SSSR count). The summed E-state index contributed by atoms with van der Waals surface area (Å²) in [6.45, 7) is 17.0. The lowest BCUT2D eigenvalue weighted by atomic mass is 9.81. The molecule has 11 heteroatoms. The molecule has 3 heterocycles. The number of nitrogens with zero attached hydrogens (tertiary/aromatic N) is 3. The van der Waals surface area contributed by atoms with E-state index >= 15 is 0 Å². The second-order valence-corrected chi connectivity index (χ2v) is 11.5. The van der Waals surface area contributed by atoms with E-state index in [1.165, 1.54) is 0 Å². The van der Waals surface area contributed by atoms with E-state index < -0.39 is 36.1 Å². The minimum Gasteiger partial charge on any atom is -0.444 e. The molecule has 0 saturated carbocycles. The maximum atomic E-state index is 12.9. The summed E-state index contributed by atoms with van der Waals surface area (Å²) in [5, 5.41) is 5.92. The van der Waals surface area contributed by atoms with Gasteiger partial charge in [-0.3, -0.25) is 4.79 Å². The van der Waals surface area contributed by atoms with Crippen LogP contribution in [0.2, 0.25) is 0 Å². The Balaban J connectivity index is 1.48. The van der Waals surface area contributed by atoms with Gasteiger partial charge in [-0.2, -0.15) is 0 Å². The van der Waals surface area contributed by atoms with Gasteiger partial charge in [-0.15, -0.1) is 0 Å². The van der Waals surface area contributed by atoms with Gasteiger partial charge in [0, 0.05) is 37.5 Å². The molecule has 1 aromatic heterocycles. The van der Waals surface area contributed by atoms with Crippen molar-refractivity contribution in [3.8, 4) is 0 Å². The lowest BCUT2D eigenvalue weighted by Crippen LogP contribution is -2.51. The molecule has 0 unspecified atom stereocenters. The first-order valence-electron chi connectivity index (χ1n) is 12.4. The first-order chi connectivity index (χ1) is 16.2. The maximum absolute atomic E-state index is 12.9. The highest BCUT2D eigenvalue weighted by atomic mass is 16.7. The zero-order valence-corrected chi connectivity index (χ0v) is 22.3. The summed E-state index contributed by atoms with van der Waals surface area (Å²) in [5.41, 5.74) is -0.674. The van der Waals surface area contributed by atoms with Gasteiger partial charge in [0.15, 0.2) is 0 Å². The van der Waals surface area contributed by atoms with Crippen molar-refractivity contribution in [1.29, 1.82) is 0 Å². The standard InChI is InChI=1S/C24H40BN5O5/c1-16(29-21(32)33-22(2,3)4)19(31)30-11-9-10-17(15-30)12-26-20-27-13-18(14-28-20)25-34-23(5,6)24(7,8)35-25/h13-14,16-17H,9-12,15H2,1-8H3,(H,29,32)(H,26,27,28)/t16-,17+/m0/s1. The highest BCUT2D eigenvalue weighted by Gasteiger charge is 2.52. The van der Waals surface area contributed by atoms with Gasteiger partial charge in [0.25, 0.3) is 0 Å². The van der Waals surface area contributed by atoms with Crippen LogP contribution < -0.4 is 16.1 Å². The smallest absolute Gasteiger partial charge is 0.444 e. The molecule has 2 saturated heterocycles. The SMILES string of the molecule is C[C@H](NC(=O)OC(C)(C)C)C(=O)N1CCC[C@H](CNc2ncc(B3OC(C)(C)C(C)(C)O3)cn2)C1. The Morgan fingerprint density at radius 2 is 1.80 bits per heavy atom. The molecular weight excluding hydrogens is 449 g/mol. The molecule has 2 amide bonds. The summed E-state index contributed by atoms with van der Waals surface area (Å²) in [6.07, 6.45) is 4.75. The van der Waals surface area contributed by atoms with E-state index in [4.69, 9.17) is 14.0 Å². The third-order valence-corrected chi connectivity index (χ3v) is 6.68. The number of amides is 2. The van der Waals surface area contributed by atoms with Crippen molar-refractivity contribution in [2.45, 2.75) is 91.1 Å². The average molecular weight is 489 g/mol. The number of hydrogen-bond donors (Lipinski definition) is 2. The molecule has 1 aromatic rings. The number of likely N-dealkylation sites (tertiary alicyclic amines) is 1. The molecule has 0 bridgehead atoms. The van der Waals surface area contributed by atoms with Crippen LogP contribution in [0.25, 0.3) is 0 Å². The quantitative estimate of drug-likeness (QED) is 0.586. The monoisotopic (exact) mass is 489 g/mol. The lowest BCUT2D eigenvalue weighted by molar-refractivity contribution is -0.134. The van der Waals surface area contributed by atoms with Crippen molar-refractivity contribution >= 4 is 30.5 Å². The molecule has 0 spiro atoms. The number of nitrogens with one attached hydrogen (secondary N) is 2. The van der Waals surface area contributed by atoms with E-state index in [1.54, 1.807) is 45.0 Å². The van der Waals surface area contributed by atoms with E-state index in [9.17, 15) is 9.59 Å². The number of hydrogen-bond acceptors (Lipinski definition) is 8. The minimum absolute atomic E-state index is 0.108. The minimum atomic E-state index is -0.651. The number of ether oxygens (including phenoxy) is 1. The maximum Gasteiger partial charge on any atom is 0.498 e. The van der Waals surface area contributed by atoms with Crippen LogP contribution in [0.5, 0.6) is 0 Å². The zero-order valence-electron chi connectivity index (χ0n) is 22.3. The summed E-state index contributed by atoms with van der Waals surface area (Å²) in [4.78, 5) is 35.5. The normalized spacial score (nSPS) is 22.5. The van der Waals surface area contributed by atoms with Gasteiger partial charge in [-0.1, -0.05) is 0 Å². The van der Waals surface area contributed by atoms with Crippen LogP contribution in [0.3, 0.4) is 0 Å². The number of aromatic nitrogens is 2. The van der Waals surface area contributed by atoms with Crippen LogP contribution in [0, 0.1) is 5.92 Å². The topological polar surface area (TPSA) is 115 Å². The van der Waals surface area contributed by atoms with Gasteiger partial charge >= 0.3 is 13.2 Å². The van der Waals surface area contributed by atoms with E-state index in [0.29, 0.717) is 25.6 Å². The van der Waals surface area contributed by atoms with Gasteiger partial charge in [0.2, 0.25) is 11.9 Å². The molecule has 10 nitrogen and oxygen atoms in total. The van der Waals surface area contributed by atoms with Gasteiger partial charge in [-0.25, -0.2) is 14.8 Å². The van der Waals surface area contributed by atoms with Crippen LogP contribution in [-0.4, -0.2) is 76.5 Å². The first kappa shape index (κ1) is 27.2. The van der Waals surface area contributed by atoms with Crippen molar-refractivity contribution < 1.29 is 23.6 Å². The molecule has 2 N–H and O–H groups in total. The van der Waals surface area contributed by atoms with Gasteiger partial charge < -0.3 is 29.6 Å². The van der Waals surface area contributed by atoms with Gasteiger partial charge in [0.1, 0.15) is 11.6 Å². The summed E-state index contributed by atoms with van der Waals surface area (Å²) in [7, 11) is -0.497. The zero-order chi connectivity index (χ0) is 26.0. The predicted molar refractivity (Wildman–Crippen MR) is 134 cm³/mol. The molecule has 0 radical (unpaired) electrons. The molecule has 35 heavy (non-hydrogen) atoms. The second kappa shape index (κ2) is 10.3. The highest BCUT2D eigenvalue weighted by molar-refractivity contribution is 6.61. The molecule has 2 atom stereocenters. The van der Waals surface area contributed by atoms with Crippen LogP contribution in [0.4, 0.5) is 10.7 Å². The molecule has 0 aromatic carbocycles. The summed E-state index contributed by atoms with van der Waals surface area (Å²) in [6, 6.07) is -0.651. The van der Waals surface area contributed by atoms with Crippen molar-refractivity contribution in [2.24, 2.45) is 5.92 Å². The fraction of sp³-hybridized carbons (Fsp3) is 0.750. The fourth-order valence-electron chi connectivity index (χ4n) is 4.02. The Labute approximate surface area is 209 Å². The van der Waals surface area contributed by atoms with Gasteiger partial charge in [-0.05, 0) is 74.1 Å². The Bertz CT molecular complexity index is 887. The Morgan fingerprint density at radius 1 is 1.20 bits per heavy atom. The number of carbonyl (C=O) groups excluding carboxylic acids is 2. The predicted octanol–water partition coefficient (Wildman–Crippen LogP) is 2.34. The van der Waals surface area contributed by atoms with Crippen LogP contribution in [0.15, 0.2) is 12.4 Å². The first-order valence-corrected chi connectivity index (χ1v) is 12.4. The summed E-state index contributed by atoms with van der Waals surface area (Å²) >= 11 is 0. The van der Waals surface area contributed by atoms with Gasteiger partial charge in [0.05, 0.1) is 11.2 Å². The molecule has 0 aliphatic carbocycles. The second-order valence-electron chi connectivity index (χ2n) is 11.5. The third kappa shape index (κ3) is 7.07. The Morgan fingerprint density at radius 3 is 2.37 bits per heavy atom. The van der Waals surface area contributed by atoms with E-state index in [2.05, 4.69) is 20.6 Å². The number of piperidine rings is 1. The largest absolute Gasteiger partial charge is 0.498 e. The molecular formula is C24H40BN5O5. The molecule has 2 aliphatic rings. The van der Waals surface area contributed by atoms with Crippen molar-refractivity contribution in [3.63, 3.8) is 0 Å². The van der Waals surface area contributed by atoms with E-state index in [0.717, 1.165) is 18.3 Å². The van der Waals surface area contributed by atoms with E-state index in [-0.39, 0.29) is 11.8 Å². The fourth-order valence-corrected chi connectivity index (χ4v) is 4.02. The third-order valence-electron chi connectivity index (χ3n) is 6.68. The summed E-state index contributed by atoms with van der Waals surface area (Å²) in [5.74, 6) is 0.671. The van der Waals surface area contributed by atoms with Crippen molar-refractivity contribution in [1.82, 2.24) is 20.2 Å². The molecule has 194 valence electrons. The van der Waals surface area contributed by atoms with Crippen molar-refractivity contribution in [3.05, 3.63) is 12.4 Å². The number of anilines is 1. The Kier molecular flexibility index (Phi) is 8.01. The molecule has 2 fully saturated rings. The van der Waals surface area contributed by atoms with E-state index in [1.807, 2.05) is 27.7 Å². The van der Waals surface area contributed by atoms with Crippen LogP contribution in [0.1, 0.15) is 68.2 Å². The highest BCUT2D eigenvalue weighted by Crippen LogP contribution is 2.36. The number of carbonyl (C=O) groups is 2. The number of rotatable bonds is 6. The average Bonchev–Trinajstić information content (AvgIpc) is 2.97. The Hall–Kier alpha value is -2.40. The van der Waals surface area contributed by atoms with Crippen molar-refractivity contribution in [2.75, 3.05) is 25.0 Å². The lowest BCUT2D eigenvalue weighted by Gasteiger charge is -2.34. The number of alkyl carbamates (subject to hydrolysis) is 1.